The van der Waals surface area contributed by atoms with Crippen LogP contribution in [0.25, 0.3) is 0 Å². The molecule has 0 aliphatic heterocycles. The maximum atomic E-state index is 12.4. The van der Waals surface area contributed by atoms with Crippen molar-refractivity contribution in [3.05, 3.63) is 52.8 Å². The van der Waals surface area contributed by atoms with E-state index in [1.807, 2.05) is 0 Å². The number of nitrogens with two attached hydrogens (primary N) is 1. The van der Waals surface area contributed by atoms with E-state index >= 15 is 0 Å². The molecule has 22 heavy (non-hydrogen) atoms. The average Bonchev–Trinajstić information content (AvgIpc) is 2.80. The smallest absolute Gasteiger partial charge is 0.272 e. The zero-order valence-electron chi connectivity index (χ0n) is 12.6. The highest BCUT2D eigenvalue weighted by Crippen LogP contribution is 2.20. The Balaban J connectivity index is 2.36. The molecule has 0 unspecified atom stereocenters. The lowest BCUT2D eigenvalue weighted by Gasteiger charge is -2.11. The number of rotatable bonds is 4. The highest BCUT2D eigenvalue weighted by atomic mass is 16.2. The van der Waals surface area contributed by atoms with Crippen molar-refractivity contribution in [2.45, 2.75) is 13.8 Å². The van der Waals surface area contributed by atoms with Gasteiger partial charge in [-0.1, -0.05) is 12.1 Å². The summed E-state index contributed by atoms with van der Waals surface area (Å²) in [6.45, 7) is 3.18. The van der Waals surface area contributed by atoms with Crippen LogP contribution >= 0.6 is 0 Å². The van der Waals surface area contributed by atoms with Gasteiger partial charge in [-0.05, 0) is 31.5 Å². The molecule has 2 aromatic rings. The van der Waals surface area contributed by atoms with Gasteiger partial charge in [-0.15, -0.1) is 0 Å². The van der Waals surface area contributed by atoms with E-state index in [9.17, 15) is 14.4 Å². The number of benzene rings is 1. The molecule has 2 amide bonds. The molecule has 0 aliphatic rings. The summed E-state index contributed by atoms with van der Waals surface area (Å²) in [5.41, 5.74) is 7.44. The average molecular weight is 299 g/mol. The Hall–Kier alpha value is -2.89. The van der Waals surface area contributed by atoms with Gasteiger partial charge in [0, 0.05) is 18.8 Å². The lowest BCUT2D eigenvalue weighted by Crippen LogP contribution is -2.20. The van der Waals surface area contributed by atoms with E-state index in [1.54, 1.807) is 42.9 Å². The van der Waals surface area contributed by atoms with E-state index < -0.39 is 11.8 Å². The van der Waals surface area contributed by atoms with Crippen molar-refractivity contribution < 1.29 is 14.4 Å². The topological polar surface area (TPSA) is 94.2 Å². The molecule has 1 aromatic heterocycles. The number of primary amides is 1. The Bertz CT molecular complexity index is 775. The standard InChI is InChI=1S/C16H17N3O3/c1-9-5-4-6-12(14(9)15(17)21)18-16(22)13-7-11(10(2)20)8-19(13)3/h4-8H,1-3H3,(H2,17,21)(H,18,22). The van der Waals surface area contributed by atoms with Crippen LogP contribution in [0.1, 0.15) is 43.7 Å². The predicted octanol–water partition coefficient (Wildman–Crippen LogP) is 1.89. The van der Waals surface area contributed by atoms with Crippen molar-refractivity contribution in [2.75, 3.05) is 5.32 Å². The van der Waals surface area contributed by atoms with Crippen molar-refractivity contribution in [2.24, 2.45) is 12.8 Å². The number of aromatic nitrogens is 1. The highest BCUT2D eigenvalue weighted by molar-refractivity contribution is 6.09. The first-order chi connectivity index (χ1) is 10.3. The van der Waals surface area contributed by atoms with Crippen LogP contribution in [-0.4, -0.2) is 22.2 Å². The van der Waals surface area contributed by atoms with Gasteiger partial charge >= 0.3 is 0 Å². The van der Waals surface area contributed by atoms with E-state index in [0.29, 0.717) is 22.5 Å². The number of hydrogen-bond acceptors (Lipinski definition) is 3. The van der Waals surface area contributed by atoms with Gasteiger partial charge < -0.3 is 15.6 Å². The third-order valence-electron chi connectivity index (χ3n) is 3.41. The molecule has 0 atom stereocenters. The van der Waals surface area contributed by atoms with E-state index in [4.69, 9.17) is 5.73 Å². The van der Waals surface area contributed by atoms with Crippen molar-refractivity contribution in [3.63, 3.8) is 0 Å². The van der Waals surface area contributed by atoms with Gasteiger partial charge in [0.25, 0.3) is 11.8 Å². The first-order valence-electron chi connectivity index (χ1n) is 6.69. The van der Waals surface area contributed by atoms with Crippen LogP contribution in [0.15, 0.2) is 30.5 Å². The maximum absolute atomic E-state index is 12.4. The van der Waals surface area contributed by atoms with Crippen molar-refractivity contribution in [1.82, 2.24) is 4.57 Å². The van der Waals surface area contributed by atoms with Crippen LogP contribution in [0.5, 0.6) is 0 Å². The summed E-state index contributed by atoms with van der Waals surface area (Å²) in [6, 6.07) is 6.59. The molecule has 0 saturated heterocycles. The maximum Gasteiger partial charge on any atom is 0.272 e. The number of nitrogens with one attached hydrogen (secondary N) is 1. The first kappa shape index (κ1) is 15.5. The second-order valence-electron chi connectivity index (χ2n) is 5.10. The van der Waals surface area contributed by atoms with Gasteiger partial charge in [-0.3, -0.25) is 14.4 Å². The second-order valence-corrected chi connectivity index (χ2v) is 5.10. The molecular weight excluding hydrogens is 282 g/mol. The van der Waals surface area contributed by atoms with Crippen molar-refractivity contribution in [1.29, 1.82) is 0 Å². The molecule has 0 aliphatic carbocycles. The number of carbonyl (C=O) groups is 3. The molecule has 6 heteroatoms. The minimum absolute atomic E-state index is 0.122. The van der Waals surface area contributed by atoms with Gasteiger partial charge in [0.1, 0.15) is 5.69 Å². The largest absolute Gasteiger partial charge is 0.366 e. The third kappa shape index (κ3) is 2.90. The molecule has 2 rings (SSSR count). The Morgan fingerprint density at radius 2 is 1.91 bits per heavy atom. The molecule has 0 bridgehead atoms. The molecule has 3 N–H and O–H groups in total. The summed E-state index contributed by atoms with van der Waals surface area (Å²) in [6.07, 6.45) is 1.59. The number of aryl methyl sites for hydroxylation is 2. The summed E-state index contributed by atoms with van der Waals surface area (Å²) in [5.74, 6) is -1.14. The Morgan fingerprint density at radius 1 is 1.23 bits per heavy atom. The molecule has 0 saturated carbocycles. The van der Waals surface area contributed by atoms with Gasteiger partial charge in [-0.2, -0.15) is 0 Å². The molecule has 6 nitrogen and oxygen atoms in total. The molecule has 1 aromatic carbocycles. The molecule has 0 spiro atoms. The van der Waals surface area contributed by atoms with E-state index in [-0.39, 0.29) is 11.3 Å². The van der Waals surface area contributed by atoms with E-state index in [2.05, 4.69) is 5.32 Å². The van der Waals surface area contributed by atoms with Crippen LogP contribution in [0.3, 0.4) is 0 Å². The van der Waals surface area contributed by atoms with E-state index in [1.165, 1.54) is 13.0 Å². The molecular formula is C16H17N3O3. The van der Waals surface area contributed by atoms with Gasteiger partial charge in [0.2, 0.25) is 0 Å². The minimum Gasteiger partial charge on any atom is -0.366 e. The summed E-state index contributed by atoms with van der Waals surface area (Å²) in [5, 5.41) is 2.67. The summed E-state index contributed by atoms with van der Waals surface area (Å²) in [4.78, 5) is 35.3. The number of amides is 2. The molecule has 1 heterocycles. The predicted molar refractivity (Wildman–Crippen MR) is 83.1 cm³/mol. The summed E-state index contributed by atoms with van der Waals surface area (Å²) in [7, 11) is 1.67. The number of ketones is 1. The lowest BCUT2D eigenvalue weighted by molar-refractivity contribution is 0.0996. The minimum atomic E-state index is -0.607. The number of hydrogen-bond donors (Lipinski definition) is 2. The Morgan fingerprint density at radius 3 is 2.45 bits per heavy atom. The van der Waals surface area contributed by atoms with Gasteiger partial charge in [0.15, 0.2) is 5.78 Å². The van der Waals surface area contributed by atoms with E-state index in [0.717, 1.165) is 0 Å². The number of nitrogens with zero attached hydrogens (tertiary/aromatic N) is 1. The van der Waals surface area contributed by atoms with Crippen LogP contribution < -0.4 is 11.1 Å². The quantitative estimate of drug-likeness (QED) is 0.844. The monoisotopic (exact) mass is 299 g/mol. The van der Waals surface area contributed by atoms with Gasteiger partial charge in [-0.25, -0.2) is 0 Å². The Labute approximate surface area is 127 Å². The fourth-order valence-electron chi connectivity index (χ4n) is 2.27. The number of Topliss-reactive ketones (excluding diaryl/α,β-unsaturated/α-hetero) is 1. The zero-order chi connectivity index (χ0) is 16.4. The fraction of sp³-hybridized carbons (Fsp3) is 0.188. The molecule has 114 valence electrons. The summed E-state index contributed by atoms with van der Waals surface area (Å²) < 4.78 is 1.56. The van der Waals surface area contributed by atoms with Crippen LogP contribution in [0, 0.1) is 6.92 Å². The SMILES string of the molecule is CC(=O)c1cc(C(=O)Nc2cccc(C)c2C(N)=O)n(C)c1. The van der Waals surface area contributed by atoms with Crippen molar-refractivity contribution in [3.8, 4) is 0 Å². The van der Waals surface area contributed by atoms with Crippen LogP contribution in [0.2, 0.25) is 0 Å². The first-order valence-corrected chi connectivity index (χ1v) is 6.69. The normalized spacial score (nSPS) is 10.3. The van der Waals surface area contributed by atoms with Gasteiger partial charge in [0.05, 0.1) is 11.3 Å². The van der Waals surface area contributed by atoms with Crippen LogP contribution in [0.4, 0.5) is 5.69 Å². The number of anilines is 1. The third-order valence-corrected chi connectivity index (χ3v) is 3.41. The number of carbonyl (C=O) groups excluding carboxylic acids is 3. The highest BCUT2D eigenvalue weighted by Gasteiger charge is 2.17. The van der Waals surface area contributed by atoms with Crippen molar-refractivity contribution >= 4 is 23.3 Å². The lowest BCUT2D eigenvalue weighted by atomic mass is 10.1. The molecule has 0 fully saturated rings. The van der Waals surface area contributed by atoms with Crippen LogP contribution in [-0.2, 0) is 7.05 Å². The Kier molecular flexibility index (Phi) is 4.12. The summed E-state index contributed by atoms with van der Waals surface area (Å²) >= 11 is 0. The second kappa shape index (κ2) is 5.85. The zero-order valence-corrected chi connectivity index (χ0v) is 12.6. The molecule has 0 radical (unpaired) electrons. The fourth-order valence-corrected chi connectivity index (χ4v) is 2.27.